The van der Waals surface area contributed by atoms with E-state index in [4.69, 9.17) is 4.52 Å². The van der Waals surface area contributed by atoms with Gasteiger partial charge in [-0.15, -0.1) is 0 Å². The van der Waals surface area contributed by atoms with Crippen molar-refractivity contribution in [2.75, 3.05) is 18.0 Å². The first-order chi connectivity index (χ1) is 13.1. The fourth-order valence-electron chi connectivity index (χ4n) is 3.65. The second-order valence-electron chi connectivity index (χ2n) is 7.05. The molecule has 0 bridgehead atoms. The van der Waals surface area contributed by atoms with E-state index in [2.05, 4.69) is 25.3 Å². The van der Waals surface area contributed by atoms with Crippen LogP contribution in [0, 0.1) is 12.8 Å². The number of hydrogen-bond acceptors (Lipinski definition) is 6. The molecule has 1 aliphatic heterocycles. The highest BCUT2D eigenvalue weighted by Gasteiger charge is 2.28. The van der Waals surface area contributed by atoms with Crippen LogP contribution in [0.15, 0.2) is 41.2 Å². The number of amides is 1. The number of aromatic nitrogens is 3. The quantitative estimate of drug-likeness (QED) is 0.765. The van der Waals surface area contributed by atoms with Crippen LogP contribution in [0.1, 0.15) is 37.1 Å². The molecule has 2 aromatic heterocycles. The van der Waals surface area contributed by atoms with Crippen molar-refractivity contribution < 1.29 is 9.32 Å². The third-order valence-electron chi connectivity index (χ3n) is 5.25. The van der Waals surface area contributed by atoms with Crippen LogP contribution in [0.3, 0.4) is 0 Å². The summed E-state index contributed by atoms with van der Waals surface area (Å²) in [7, 11) is 0. The minimum absolute atomic E-state index is 0.0119. The summed E-state index contributed by atoms with van der Waals surface area (Å²) in [6.07, 6.45) is 3.09. The highest BCUT2D eigenvalue weighted by molar-refractivity contribution is 5.88. The van der Waals surface area contributed by atoms with Crippen molar-refractivity contribution in [3.05, 3.63) is 47.9 Å². The zero-order chi connectivity index (χ0) is 18.8. The van der Waals surface area contributed by atoms with Gasteiger partial charge in [0.1, 0.15) is 17.5 Å². The Morgan fingerprint density at radius 1 is 1.22 bits per heavy atom. The molecule has 1 amide bonds. The van der Waals surface area contributed by atoms with Gasteiger partial charge in [-0.3, -0.25) is 4.79 Å². The molecule has 0 saturated carbocycles. The van der Waals surface area contributed by atoms with Gasteiger partial charge in [0.2, 0.25) is 5.91 Å². The molecular weight excluding hydrogens is 342 g/mol. The van der Waals surface area contributed by atoms with Gasteiger partial charge in [-0.2, -0.15) is 4.98 Å². The number of hydrogen-bond donors (Lipinski definition) is 1. The molecule has 3 heterocycles. The number of anilines is 1. The predicted molar refractivity (Wildman–Crippen MR) is 102 cm³/mol. The van der Waals surface area contributed by atoms with Crippen LogP contribution in [-0.4, -0.2) is 34.1 Å². The second kappa shape index (κ2) is 7.34. The summed E-state index contributed by atoms with van der Waals surface area (Å²) in [4.78, 5) is 23.4. The van der Waals surface area contributed by atoms with Gasteiger partial charge in [-0.05, 0) is 32.3 Å². The number of aryl methyl sites for hydroxylation is 1. The van der Waals surface area contributed by atoms with E-state index in [1.165, 1.54) is 6.33 Å². The predicted octanol–water partition coefficient (Wildman–Crippen LogP) is 3.02. The largest absolute Gasteiger partial charge is 0.356 e. The molecule has 1 aliphatic rings. The Bertz CT molecular complexity index is 932. The zero-order valence-corrected chi connectivity index (χ0v) is 15.6. The van der Waals surface area contributed by atoms with E-state index in [1.54, 1.807) is 0 Å². The van der Waals surface area contributed by atoms with E-state index >= 15 is 0 Å². The molecule has 0 radical (unpaired) electrons. The lowest BCUT2D eigenvalue weighted by molar-refractivity contribution is -0.126. The van der Waals surface area contributed by atoms with Crippen molar-refractivity contribution in [3.8, 4) is 0 Å². The maximum Gasteiger partial charge on any atom is 0.263 e. The summed E-state index contributed by atoms with van der Waals surface area (Å²) in [6.45, 7) is 5.46. The zero-order valence-electron chi connectivity index (χ0n) is 15.6. The van der Waals surface area contributed by atoms with Crippen molar-refractivity contribution in [1.29, 1.82) is 0 Å². The summed E-state index contributed by atoms with van der Waals surface area (Å²) in [5.74, 6) is 0.989. The number of rotatable bonds is 4. The van der Waals surface area contributed by atoms with Crippen molar-refractivity contribution >= 4 is 22.8 Å². The SMILES string of the molecule is Cc1noc2ncnc(N3CCC(C(=O)N[C@@H](C)c4ccccc4)CC3)c12. The van der Waals surface area contributed by atoms with Crippen LogP contribution in [0.5, 0.6) is 0 Å². The second-order valence-corrected chi connectivity index (χ2v) is 7.05. The van der Waals surface area contributed by atoms with E-state index in [0.29, 0.717) is 5.71 Å². The minimum Gasteiger partial charge on any atom is -0.356 e. The van der Waals surface area contributed by atoms with Gasteiger partial charge in [0.15, 0.2) is 0 Å². The Morgan fingerprint density at radius 2 is 1.96 bits per heavy atom. The van der Waals surface area contributed by atoms with Crippen LogP contribution >= 0.6 is 0 Å². The van der Waals surface area contributed by atoms with Gasteiger partial charge in [0.25, 0.3) is 5.71 Å². The number of fused-ring (bicyclic) bond motifs is 1. The lowest BCUT2D eigenvalue weighted by Crippen LogP contribution is -2.41. The van der Waals surface area contributed by atoms with Crippen LogP contribution in [0.25, 0.3) is 11.1 Å². The summed E-state index contributed by atoms with van der Waals surface area (Å²) in [5, 5.41) is 7.99. The fourth-order valence-corrected chi connectivity index (χ4v) is 3.65. The number of piperidine rings is 1. The van der Waals surface area contributed by atoms with Crippen molar-refractivity contribution in [3.63, 3.8) is 0 Å². The first-order valence-electron chi connectivity index (χ1n) is 9.30. The van der Waals surface area contributed by atoms with Crippen LogP contribution < -0.4 is 10.2 Å². The molecule has 0 spiro atoms. The molecular formula is C20H23N5O2. The third-order valence-corrected chi connectivity index (χ3v) is 5.25. The first kappa shape index (κ1) is 17.5. The lowest BCUT2D eigenvalue weighted by atomic mass is 9.95. The highest BCUT2D eigenvalue weighted by Crippen LogP contribution is 2.29. The van der Waals surface area contributed by atoms with E-state index in [0.717, 1.165) is 48.4 Å². The molecule has 1 aromatic carbocycles. The normalized spacial score (nSPS) is 16.4. The standard InChI is InChI=1S/C20H23N5O2/c1-13(15-6-4-3-5-7-15)23-19(26)16-8-10-25(11-9-16)18-17-14(2)24-27-20(17)22-12-21-18/h3-7,12-13,16H,8-11H2,1-2H3,(H,23,26)/t13-/m0/s1. The molecule has 7 heteroatoms. The van der Waals surface area contributed by atoms with Crippen LogP contribution in [0.2, 0.25) is 0 Å². The van der Waals surface area contributed by atoms with Gasteiger partial charge in [-0.25, -0.2) is 4.98 Å². The highest BCUT2D eigenvalue weighted by atomic mass is 16.5. The topological polar surface area (TPSA) is 84.2 Å². The molecule has 27 heavy (non-hydrogen) atoms. The summed E-state index contributed by atoms with van der Waals surface area (Å²) in [5.41, 5.74) is 2.42. The Kier molecular flexibility index (Phi) is 4.75. The van der Waals surface area contributed by atoms with Crippen molar-refractivity contribution in [2.45, 2.75) is 32.7 Å². The Labute approximate surface area is 157 Å². The minimum atomic E-state index is 0.0119. The molecule has 3 aromatic rings. The maximum atomic E-state index is 12.7. The average molecular weight is 365 g/mol. The number of carbonyl (C=O) groups is 1. The van der Waals surface area contributed by atoms with Crippen molar-refractivity contribution in [1.82, 2.24) is 20.4 Å². The third kappa shape index (κ3) is 3.49. The molecule has 0 aliphatic carbocycles. The van der Waals surface area contributed by atoms with Gasteiger partial charge in [-0.1, -0.05) is 35.5 Å². The van der Waals surface area contributed by atoms with Gasteiger partial charge >= 0.3 is 0 Å². The Hall–Kier alpha value is -2.96. The molecule has 1 fully saturated rings. The Balaban J connectivity index is 1.40. The van der Waals surface area contributed by atoms with Crippen LogP contribution in [-0.2, 0) is 4.79 Å². The monoisotopic (exact) mass is 365 g/mol. The van der Waals surface area contributed by atoms with E-state index in [-0.39, 0.29) is 17.9 Å². The number of benzene rings is 1. The summed E-state index contributed by atoms with van der Waals surface area (Å²) < 4.78 is 5.23. The van der Waals surface area contributed by atoms with E-state index in [1.807, 2.05) is 44.2 Å². The number of nitrogens with zero attached hydrogens (tertiary/aromatic N) is 4. The van der Waals surface area contributed by atoms with E-state index < -0.39 is 0 Å². The molecule has 1 N–H and O–H groups in total. The van der Waals surface area contributed by atoms with Gasteiger partial charge < -0.3 is 14.7 Å². The molecule has 4 rings (SSSR count). The molecule has 0 unspecified atom stereocenters. The fraction of sp³-hybridized carbons (Fsp3) is 0.400. The van der Waals surface area contributed by atoms with Crippen molar-refractivity contribution in [2.24, 2.45) is 5.92 Å². The molecule has 1 atom stereocenters. The summed E-state index contributed by atoms with van der Waals surface area (Å²) >= 11 is 0. The number of nitrogens with one attached hydrogen (secondary N) is 1. The van der Waals surface area contributed by atoms with Gasteiger partial charge in [0.05, 0.1) is 11.7 Å². The van der Waals surface area contributed by atoms with E-state index in [9.17, 15) is 4.79 Å². The smallest absolute Gasteiger partial charge is 0.263 e. The molecule has 140 valence electrons. The van der Waals surface area contributed by atoms with Crippen LogP contribution in [0.4, 0.5) is 5.82 Å². The molecule has 7 nitrogen and oxygen atoms in total. The van der Waals surface area contributed by atoms with Gasteiger partial charge in [0, 0.05) is 19.0 Å². The maximum absolute atomic E-state index is 12.7. The lowest BCUT2D eigenvalue weighted by Gasteiger charge is -2.32. The first-order valence-corrected chi connectivity index (χ1v) is 9.30. The average Bonchev–Trinajstić information content (AvgIpc) is 3.10. The Morgan fingerprint density at radius 3 is 2.70 bits per heavy atom. The molecule has 1 saturated heterocycles. The number of carbonyl (C=O) groups excluding carboxylic acids is 1. The summed E-state index contributed by atoms with van der Waals surface area (Å²) in [6, 6.07) is 10.1.